The molecule has 1 heterocycles. The van der Waals surface area contributed by atoms with E-state index in [2.05, 4.69) is 5.32 Å². The maximum Gasteiger partial charge on any atom is 0.416 e. The van der Waals surface area contributed by atoms with E-state index in [4.69, 9.17) is 4.74 Å². The molecule has 1 saturated carbocycles. The van der Waals surface area contributed by atoms with Crippen molar-refractivity contribution in [1.82, 2.24) is 10.2 Å². The van der Waals surface area contributed by atoms with Crippen molar-refractivity contribution in [3.63, 3.8) is 0 Å². The number of nitrogens with zero attached hydrogens (tertiary/aromatic N) is 1. The number of carbonyl (C=O) groups excluding carboxylic acids is 2. The van der Waals surface area contributed by atoms with Gasteiger partial charge in [-0.2, -0.15) is 26.3 Å². The Kier molecular flexibility index (Phi) is 8.80. The molecule has 3 aromatic carbocycles. The number of rotatable bonds is 8. The molecule has 1 aliphatic carbocycles. The van der Waals surface area contributed by atoms with Crippen LogP contribution in [0.1, 0.15) is 76.8 Å². The third-order valence-corrected chi connectivity index (χ3v) is 8.58. The summed E-state index contributed by atoms with van der Waals surface area (Å²) >= 11 is 0. The number of nitrogens with one attached hydrogen (secondary N) is 1. The van der Waals surface area contributed by atoms with Crippen molar-refractivity contribution in [2.24, 2.45) is 5.41 Å². The molecule has 5 nitrogen and oxygen atoms in total. The highest BCUT2D eigenvalue weighted by molar-refractivity contribution is 5.89. The van der Waals surface area contributed by atoms with Crippen molar-refractivity contribution in [3.8, 4) is 0 Å². The summed E-state index contributed by atoms with van der Waals surface area (Å²) in [5.74, 6) is -0.792. The first-order valence-corrected chi connectivity index (χ1v) is 14.4. The smallest absolute Gasteiger partial charge is 0.416 e. The van der Waals surface area contributed by atoms with Crippen LogP contribution in [0.3, 0.4) is 0 Å². The van der Waals surface area contributed by atoms with Gasteiger partial charge < -0.3 is 10.1 Å². The van der Waals surface area contributed by atoms with E-state index >= 15 is 0 Å². The van der Waals surface area contributed by atoms with Gasteiger partial charge in [0.1, 0.15) is 6.61 Å². The Hall–Kier alpha value is -3.86. The van der Waals surface area contributed by atoms with Crippen LogP contribution in [0.15, 0.2) is 72.8 Å². The Morgan fingerprint density at radius 2 is 1.39 bits per heavy atom. The standard InChI is InChI=1S/C33H32F6N2O3/c1-21(24-6-8-25(9-7-24)30(43)44-20-23-4-12-27(13-5-23)33(37,38)39)40-29(42)28-18-31(14-15-31)16-17-41(28)19-22-2-10-26(11-3-22)32(34,35)36/h2-13,21,28H,14-20H2,1H3,(H,40,42)/t21-,28?/m0/s1. The van der Waals surface area contributed by atoms with E-state index in [-0.39, 0.29) is 29.5 Å². The van der Waals surface area contributed by atoms with Crippen LogP contribution in [-0.2, 0) is 35.0 Å². The fourth-order valence-electron chi connectivity index (χ4n) is 5.61. The summed E-state index contributed by atoms with van der Waals surface area (Å²) in [6, 6.07) is 15.1. The summed E-state index contributed by atoms with van der Waals surface area (Å²) in [6.07, 6.45) is -5.08. The summed E-state index contributed by atoms with van der Waals surface area (Å²) in [6.45, 7) is 2.68. The number of likely N-dealkylation sites (tertiary alicyclic amines) is 1. The molecule has 1 saturated heterocycles. The number of ether oxygens (including phenoxy) is 1. The van der Waals surface area contributed by atoms with Gasteiger partial charge in [0, 0.05) is 6.54 Å². The molecule has 234 valence electrons. The second kappa shape index (κ2) is 12.3. The maximum absolute atomic E-state index is 13.5. The van der Waals surface area contributed by atoms with Crippen LogP contribution < -0.4 is 5.32 Å². The molecule has 2 aliphatic rings. The molecule has 2 atom stereocenters. The third-order valence-electron chi connectivity index (χ3n) is 8.58. The van der Waals surface area contributed by atoms with Crippen LogP contribution in [0.25, 0.3) is 0 Å². The molecule has 1 unspecified atom stereocenters. The topological polar surface area (TPSA) is 58.6 Å². The van der Waals surface area contributed by atoms with Gasteiger partial charge in [0.15, 0.2) is 0 Å². The maximum atomic E-state index is 13.5. The van der Waals surface area contributed by atoms with Crippen LogP contribution in [0, 0.1) is 5.41 Å². The van der Waals surface area contributed by atoms with E-state index in [1.165, 1.54) is 24.3 Å². The van der Waals surface area contributed by atoms with Gasteiger partial charge >= 0.3 is 18.3 Å². The zero-order chi connectivity index (χ0) is 31.7. The first-order valence-electron chi connectivity index (χ1n) is 14.4. The molecular weight excluding hydrogens is 586 g/mol. The largest absolute Gasteiger partial charge is 0.457 e. The first-order chi connectivity index (χ1) is 20.7. The van der Waals surface area contributed by atoms with E-state index in [1.54, 1.807) is 24.3 Å². The number of esters is 1. The van der Waals surface area contributed by atoms with Crippen molar-refractivity contribution in [2.45, 2.75) is 70.2 Å². The summed E-state index contributed by atoms with van der Waals surface area (Å²) in [5, 5.41) is 3.06. The fourth-order valence-corrected chi connectivity index (χ4v) is 5.61. The summed E-state index contributed by atoms with van der Waals surface area (Å²) in [4.78, 5) is 28.0. The van der Waals surface area contributed by atoms with Crippen molar-refractivity contribution >= 4 is 11.9 Å². The van der Waals surface area contributed by atoms with E-state index < -0.39 is 35.5 Å². The molecule has 2 fully saturated rings. The average molecular weight is 619 g/mol. The minimum absolute atomic E-state index is 0.157. The van der Waals surface area contributed by atoms with Gasteiger partial charge in [-0.15, -0.1) is 0 Å². The second-order valence-corrected chi connectivity index (χ2v) is 11.8. The van der Waals surface area contributed by atoms with Gasteiger partial charge in [-0.05, 0) is 97.7 Å². The lowest BCUT2D eigenvalue weighted by Crippen LogP contribution is -2.51. The Balaban J connectivity index is 1.17. The number of benzene rings is 3. The lowest BCUT2D eigenvalue weighted by molar-refractivity contribution is -0.138. The lowest BCUT2D eigenvalue weighted by Gasteiger charge is -2.39. The highest BCUT2D eigenvalue weighted by Crippen LogP contribution is 2.55. The third kappa shape index (κ3) is 7.61. The van der Waals surface area contributed by atoms with Crippen LogP contribution in [0.5, 0.6) is 0 Å². The van der Waals surface area contributed by atoms with E-state index in [0.29, 0.717) is 30.6 Å². The fraction of sp³-hybridized carbons (Fsp3) is 0.394. The molecule has 5 rings (SSSR count). The molecule has 1 N–H and O–H groups in total. The van der Waals surface area contributed by atoms with E-state index in [0.717, 1.165) is 49.1 Å². The minimum Gasteiger partial charge on any atom is -0.457 e. The number of hydrogen-bond acceptors (Lipinski definition) is 4. The van der Waals surface area contributed by atoms with Gasteiger partial charge in [0.2, 0.25) is 5.91 Å². The molecule has 0 radical (unpaired) electrons. The Labute approximate surface area is 251 Å². The summed E-state index contributed by atoms with van der Waals surface area (Å²) < 4.78 is 82.4. The Morgan fingerprint density at radius 3 is 1.91 bits per heavy atom. The summed E-state index contributed by atoms with van der Waals surface area (Å²) in [5.41, 5.74) is 0.794. The first kappa shape index (κ1) is 31.6. The highest BCUT2D eigenvalue weighted by atomic mass is 19.4. The van der Waals surface area contributed by atoms with E-state index in [1.807, 2.05) is 11.8 Å². The van der Waals surface area contributed by atoms with Gasteiger partial charge in [-0.25, -0.2) is 4.79 Å². The zero-order valence-corrected chi connectivity index (χ0v) is 24.0. The molecule has 3 aromatic rings. The van der Waals surface area contributed by atoms with Gasteiger partial charge in [0.05, 0.1) is 28.8 Å². The molecular formula is C33H32F6N2O3. The predicted molar refractivity (Wildman–Crippen MR) is 150 cm³/mol. The van der Waals surface area contributed by atoms with Crippen molar-refractivity contribution < 1.29 is 40.7 Å². The second-order valence-electron chi connectivity index (χ2n) is 11.8. The highest BCUT2D eigenvalue weighted by Gasteiger charge is 2.50. The van der Waals surface area contributed by atoms with Gasteiger partial charge in [0.25, 0.3) is 0 Å². The van der Waals surface area contributed by atoms with Gasteiger partial charge in [-0.3, -0.25) is 9.69 Å². The zero-order valence-electron chi connectivity index (χ0n) is 24.0. The summed E-state index contributed by atoms with van der Waals surface area (Å²) in [7, 11) is 0. The number of carbonyl (C=O) groups is 2. The molecule has 1 aliphatic heterocycles. The van der Waals surface area contributed by atoms with Gasteiger partial charge in [-0.1, -0.05) is 36.4 Å². The van der Waals surface area contributed by atoms with Crippen LogP contribution >= 0.6 is 0 Å². The molecule has 11 heteroatoms. The normalized spacial score (nSPS) is 18.9. The minimum atomic E-state index is -4.45. The number of hydrogen-bond donors (Lipinski definition) is 1. The molecule has 1 amide bonds. The monoisotopic (exact) mass is 618 g/mol. The lowest BCUT2D eigenvalue weighted by atomic mass is 9.87. The molecule has 0 bridgehead atoms. The molecule has 1 spiro atoms. The average Bonchev–Trinajstić information content (AvgIpc) is 3.75. The Morgan fingerprint density at radius 1 is 0.841 bits per heavy atom. The van der Waals surface area contributed by atoms with Crippen LogP contribution in [-0.4, -0.2) is 29.4 Å². The van der Waals surface area contributed by atoms with E-state index in [9.17, 15) is 35.9 Å². The molecule has 0 aromatic heterocycles. The Bertz CT molecular complexity index is 1460. The van der Waals surface area contributed by atoms with Crippen LogP contribution in [0.2, 0.25) is 0 Å². The van der Waals surface area contributed by atoms with Crippen molar-refractivity contribution in [1.29, 1.82) is 0 Å². The SMILES string of the molecule is C[C@H](NC(=O)C1CC2(CCN1Cc1ccc(C(F)(F)F)cc1)CC2)c1ccc(C(=O)OCc2ccc(C(F)(F)F)cc2)cc1. The predicted octanol–water partition coefficient (Wildman–Crippen LogP) is 7.70. The number of halogens is 6. The number of amides is 1. The number of piperidine rings is 1. The molecule has 44 heavy (non-hydrogen) atoms. The van der Waals surface area contributed by atoms with Crippen LogP contribution in [0.4, 0.5) is 26.3 Å². The van der Waals surface area contributed by atoms with Crippen molar-refractivity contribution in [2.75, 3.05) is 6.54 Å². The van der Waals surface area contributed by atoms with Crippen molar-refractivity contribution in [3.05, 3.63) is 106 Å². The number of alkyl halides is 6. The quantitative estimate of drug-likeness (QED) is 0.208.